The van der Waals surface area contributed by atoms with Crippen LogP contribution in [0.1, 0.15) is 26.7 Å². The van der Waals surface area contributed by atoms with Crippen molar-refractivity contribution in [1.29, 1.82) is 0 Å². The number of hydrogen-bond donors (Lipinski definition) is 2. The number of carbonyl (C=O) groups excluding carboxylic acids is 3. The summed E-state index contributed by atoms with van der Waals surface area (Å²) < 4.78 is 0. The zero-order valence-corrected chi connectivity index (χ0v) is 7.79. The van der Waals surface area contributed by atoms with Gasteiger partial charge in [-0.3, -0.25) is 14.4 Å². The standard InChI is InChI=1S/C8H14N2O3/c1-5(10-6(2)11)7(12)3-4-8(9)13/h5H,3-4H2,1-2H3,(H2,9,13)(H,10,11). The zero-order valence-electron chi connectivity index (χ0n) is 7.79. The third kappa shape index (κ3) is 5.84. The first-order chi connectivity index (χ1) is 5.93. The summed E-state index contributed by atoms with van der Waals surface area (Å²) in [5.41, 5.74) is 4.86. The maximum absolute atomic E-state index is 11.2. The van der Waals surface area contributed by atoms with Gasteiger partial charge in [-0.2, -0.15) is 0 Å². The zero-order chi connectivity index (χ0) is 10.4. The molecule has 0 radical (unpaired) electrons. The molecule has 74 valence electrons. The Morgan fingerprint density at radius 1 is 1.31 bits per heavy atom. The lowest BCUT2D eigenvalue weighted by Gasteiger charge is -2.09. The Hall–Kier alpha value is -1.39. The van der Waals surface area contributed by atoms with Crippen LogP contribution in [0.4, 0.5) is 0 Å². The highest BCUT2D eigenvalue weighted by atomic mass is 16.2. The van der Waals surface area contributed by atoms with Gasteiger partial charge in [-0.25, -0.2) is 0 Å². The number of Topliss-reactive ketones (excluding diaryl/α,β-unsaturated/α-hetero) is 1. The maximum atomic E-state index is 11.2. The summed E-state index contributed by atoms with van der Waals surface area (Å²) in [6, 6.07) is -0.545. The van der Waals surface area contributed by atoms with Crippen LogP contribution in [0, 0.1) is 0 Å². The fourth-order valence-corrected chi connectivity index (χ4v) is 0.848. The number of primary amides is 1. The minimum atomic E-state index is -0.545. The number of nitrogens with one attached hydrogen (secondary N) is 1. The summed E-state index contributed by atoms with van der Waals surface area (Å²) >= 11 is 0. The van der Waals surface area contributed by atoms with E-state index >= 15 is 0 Å². The van der Waals surface area contributed by atoms with Crippen LogP contribution < -0.4 is 11.1 Å². The van der Waals surface area contributed by atoms with Gasteiger partial charge < -0.3 is 11.1 Å². The molecule has 0 saturated carbocycles. The largest absolute Gasteiger partial charge is 0.370 e. The van der Waals surface area contributed by atoms with E-state index in [2.05, 4.69) is 5.32 Å². The molecule has 3 N–H and O–H groups in total. The fourth-order valence-electron chi connectivity index (χ4n) is 0.848. The van der Waals surface area contributed by atoms with Crippen molar-refractivity contribution < 1.29 is 14.4 Å². The lowest BCUT2D eigenvalue weighted by atomic mass is 10.1. The van der Waals surface area contributed by atoms with E-state index in [-0.39, 0.29) is 24.5 Å². The molecule has 0 aromatic carbocycles. The molecular weight excluding hydrogens is 172 g/mol. The van der Waals surface area contributed by atoms with E-state index in [0.717, 1.165) is 0 Å². The molecule has 0 aliphatic rings. The highest BCUT2D eigenvalue weighted by Crippen LogP contribution is 1.95. The molecule has 13 heavy (non-hydrogen) atoms. The van der Waals surface area contributed by atoms with E-state index in [4.69, 9.17) is 5.73 Å². The van der Waals surface area contributed by atoms with Crippen molar-refractivity contribution in [3.63, 3.8) is 0 Å². The maximum Gasteiger partial charge on any atom is 0.217 e. The predicted octanol–water partition coefficient (Wildman–Crippen LogP) is -0.654. The van der Waals surface area contributed by atoms with Crippen molar-refractivity contribution >= 4 is 17.6 Å². The van der Waals surface area contributed by atoms with Crippen molar-refractivity contribution in [3.8, 4) is 0 Å². The topological polar surface area (TPSA) is 89.3 Å². The van der Waals surface area contributed by atoms with Crippen LogP contribution in [0.3, 0.4) is 0 Å². The second-order valence-electron chi connectivity index (χ2n) is 2.85. The van der Waals surface area contributed by atoms with Crippen molar-refractivity contribution in [2.45, 2.75) is 32.7 Å². The van der Waals surface area contributed by atoms with Gasteiger partial charge in [-0.1, -0.05) is 0 Å². The van der Waals surface area contributed by atoms with Gasteiger partial charge >= 0.3 is 0 Å². The molecule has 0 bridgehead atoms. The highest BCUT2D eigenvalue weighted by molar-refractivity contribution is 5.90. The van der Waals surface area contributed by atoms with Gasteiger partial charge in [0.2, 0.25) is 11.8 Å². The molecule has 2 amide bonds. The molecule has 0 saturated heterocycles. The number of ketones is 1. The van der Waals surface area contributed by atoms with E-state index in [1.54, 1.807) is 6.92 Å². The summed E-state index contributed by atoms with van der Waals surface area (Å²) in [5, 5.41) is 2.43. The Labute approximate surface area is 76.7 Å². The quantitative estimate of drug-likeness (QED) is 0.597. The van der Waals surface area contributed by atoms with Crippen LogP contribution >= 0.6 is 0 Å². The molecular formula is C8H14N2O3. The van der Waals surface area contributed by atoms with Gasteiger partial charge in [0.1, 0.15) is 0 Å². The van der Waals surface area contributed by atoms with Gasteiger partial charge in [0, 0.05) is 19.8 Å². The monoisotopic (exact) mass is 186 g/mol. The van der Waals surface area contributed by atoms with Gasteiger partial charge in [0.15, 0.2) is 5.78 Å². The van der Waals surface area contributed by atoms with E-state index < -0.39 is 11.9 Å². The van der Waals surface area contributed by atoms with Gasteiger partial charge in [0.05, 0.1) is 6.04 Å². The Morgan fingerprint density at radius 2 is 1.85 bits per heavy atom. The van der Waals surface area contributed by atoms with Gasteiger partial charge in [-0.05, 0) is 6.92 Å². The van der Waals surface area contributed by atoms with Crippen LogP contribution in [-0.2, 0) is 14.4 Å². The van der Waals surface area contributed by atoms with E-state index in [1.165, 1.54) is 6.92 Å². The summed E-state index contributed by atoms with van der Waals surface area (Å²) in [7, 11) is 0. The highest BCUT2D eigenvalue weighted by Gasteiger charge is 2.13. The van der Waals surface area contributed by atoms with Crippen LogP contribution in [0.15, 0.2) is 0 Å². The second kappa shape index (κ2) is 5.29. The van der Waals surface area contributed by atoms with E-state index in [0.29, 0.717) is 0 Å². The average Bonchev–Trinajstić information content (AvgIpc) is 1.98. The Morgan fingerprint density at radius 3 is 2.23 bits per heavy atom. The lowest BCUT2D eigenvalue weighted by Crippen LogP contribution is -2.37. The molecule has 5 heteroatoms. The SMILES string of the molecule is CC(=O)NC(C)C(=O)CCC(N)=O. The molecule has 1 atom stereocenters. The van der Waals surface area contributed by atoms with Crippen LogP contribution in [0.2, 0.25) is 0 Å². The smallest absolute Gasteiger partial charge is 0.217 e. The summed E-state index contributed by atoms with van der Waals surface area (Å²) in [6.07, 6.45) is 0.111. The third-order valence-electron chi connectivity index (χ3n) is 1.52. The average molecular weight is 186 g/mol. The van der Waals surface area contributed by atoms with Crippen molar-refractivity contribution in [3.05, 3.63) is 0 Å². The Kier molecular flexibility index (Phi) is 4.72. The van der Waals surface area contributed by atoms with Crippen LogP contribution in [-0.4, -0.2) is 23.6 Å². The fraction of sp³-hybridized carbons (Fsp3) is 0.625. The number of nitrogens with two attached hydrogens (primary N) is 1. The number of amides is 2. The van der Waals surface area contributed by atoms with Crippen LogP contribution in [0.25, 0.3) is 0 Å². The van der Waals surface area contributed by atoms with Crippen molar-refractivity contribution in [2.24, 2.45) is 5.73 Å². The molecule has 0 heterocycles. The van der Waals surface area contributed by atoms with E-state index in [1.807, 2.05) is 0 Å². The molecule has 1 unspecified atom stereocenters. The summed E-state index contributed by atoms with van der Waals surface area (Å²) in [5.74, 6) is -0.961. The minimum Gasteiger partial charge on any atom is -0.370 e. The molecule has 0 aliphatic carbocycles. The molecule has 0 rings (SSSR count). The first-order valence-electron chi connectivity index (χ1n) is 4.01. The predicted molar refractivity (Wildman–Crippen MR) is 46.7 cm³/mol. The van der Waals surface area contributed by atoms with Gasteiger partial charge in [0.25, 0.3) is 0 Å². The lowest BCUT2D eigenvalue weighted by molar-refractivity contribution is -0.127. The minimum absolute atomic E-state index is 0.0305. The Bertz CT molecular complexity index is 225. The van der Waals surface area contributed by atoms with E-state index in [9.17, 15) is 14.4 Å². The number of carbonyl (C=O) groups is 3. The first kappa shape index (κ1) is 11.6. The molecule has 0 spiro atoms. The van der Waals surface area contributed by atoms with Gasteiger partial charge in [-0.15, -0.1) is 0 Å². The summed E-state index contributed by atoms with van der Waals surface area (Å²) in [4.78, 5) is 32.0. The molecule has 5 nitrogen and oxygen atoms in total. The molecule has 0 fully saturated rings. The van der Waals surface area contributed by atoms with Crippen LogP contribution in [0.5, 0.6) is 0 Å². The number of hydrogen-bond acceptors (Lipinski definition) is 3. The Balaban J connectivity index is 3.82. The van der Waals surface area contributed by atoms with Crippen molar-refractivity contribution in [2.75, 3.05) is 0 Å². The second-order valence-corrected chi connectivity index (χ2v) is 2.85. The third-order valence-corrected chi connectivity index (χ3v) is 1.52. The normalized spacial score (nSPS) is 11.8. The van der Waals surface area contributed by atoms with Crippen molar-refractivity contribution in [1.82, 2.24) is 5.32 Å². The molecule has 0 aliphatic heterocycles. The molecule has 0 aromatic rings. The molecule has 0 aromatic heterocycles. The number of rotatable bonds is 5. The first-order valence-corrected chi connectivity index (χ1v) is 4.01. The summed E-state index contributed by atoms with van der Waals surface area (Å²) in [6.45, 7) is 2.91.